The smallest absolute Gasteiger partial charge is 0.217 e. The van der Waals surface area contributed by atoms with E-state index < -0.39 is 353 Å². The fourth-order valence-corrected chi connectivity index (χ4v) is 14.3. The van der Waals surface area contributed by atoms with Gasteiger partial charge in [-0.1, -0.05) is 0 Å². The van der Waals surface area contributed by atoms with E-state index in [0.717, 1.165) is 27.7 Å². The summed E-state index contributed by atoms with van der Waals surface area (Å²) in [6.45, 7) is -3.36. The predicted molar refractivity (Wildman–Crippen MR) is 342 cm³/mol. The molecule has 0 bridgehead atoms. The Hall–Kier alpha value is -3.76. The zero-order chi connectivity index (χ0) is 81.8. The molecule has 28 N–H and O–H groups in total. The summed E-state index contributed by atoms with van der Waals surface area (Å²) in [7, 11) is 0. The van der Waals surface area contributed by atoms with Gasteiger partial charge in [0.05, 0.1) is 59.0 Å². The summed E-state index contributed by atoms with van der Waals surface area (Å²) >= 11 is 0. The first kappa shape index (κ1) is 91.1. The molecule has 0 spiro atoms. The van der Waals surface area contributed by atoms with Crippen LogP contribution in [-0.2, 0) is 99.7 Å². The summed E-state index contributed by atoms with van der Waals surface area (Å²) in [4.78, 5) is 50.9. The van der Waals surface area contributed by atoms with E-state index in [1.54, 1.807) is 0 Å². The van der Waals surface area contributed by atoms with Crippen LogP contribution in [0.5, 0.6) is 0 Å². The lowest BCUT2D eigenvalue weighted by Gasteiger charge is -2.51. The van der Waals surface area contributed by atoms with Crippen molar-refractivity contribution in [1.82, 2.24) is 21.3 Å². The number of aliphatic hydroxyl groups is 24. The van der Waals surface area contributed by atoms with E-state index >= 15 is 0 Å². The van der Waals surface area contributed by atoms with Gasteiger partial charge in [-0.25, -0.2) is 0 Å². The molecule has 0 radical (unpaired) electrons. The second kappa shape index (κ2) is 39.7. The zero-order valence-corrected chi connectivity index (χ0v) is 59.9. The van der Waals surface area contributed by atoms with Gasteiger partial charge in [0.15, 0.2) is 56.6 Å². The normalized spacial score (nSPS) is 49.3. The van der Waals surface area contributed by atoms with Crippen LogP contribution in [0.2, 0.25) is 0 Å². The highest BCUT2D eigenvalue weighted by molar-refractivity contribution is 5.74. The molecule has 4 amide bonds. The summed E-state index contributed by atoms with van der Waals surface area (Å²) in [5.74, 6) is -3.59. The fraction of sp³-hybridized carbons (Fsp3) is 0.935. The van der Waals surface area contributed by atoms with Gasteiger partial charge in [0.2, 0.25) is 23.6 Å². The third kappa shape index (κ3) is 20.3. The number of hydrogen-bond donors (Lipinski definition) is 28. The zero-order valence-electron chi connectivity index (χ0n) is 59.9. The van der Waals surface area contributed by atoms with E-state index in [2.05, 4.69) is 21.3 Å². The molecule has 9 aliphatic rings. The molecule has 1 unspecified atom stereocenters. The molecule has 45 atom stereocenters. The lowest BCUT2D eigenvalue weighted by atomic mass is 9.93. The van der Waals surface area contributed by atoms with Crippen molar-refractivity contribution in [1.29, 1.82) is 0 Å². The van der Waals surface area contributed by atoms with Crippen molar-refractivity contribution in [3.05, 3.63) is 0 Å². The molecule has 9 fully saturated rings. The Morgan fingerprint density at radius 2 is 0.559 bits per heavy atom. The molecular weight excluding hydrogens is 1520 g/mol. The second-order valence-electron chi connectivity index (χ2n) is 28.2. The van der Waals surface area contributed by atoms with Gasteiger partial charge >= 0.3 is 0 Å². The van der Waals surface area contributed by atoms with E-state index in [1.807, 2.05) is 0 Å². The average molecular weight is 1630 g/mol. The Morgan fingerprint density at radius 3 is 1.03 bits per heavy atom. The van der Waals surface area contributed by atoms with Gasteiger partial charge in [-0.15, -0.1) is 0 Å². The lowest BCUT2D eigenvalue weighted by Crippen LogP contribution is -2.71. The second-order valence-corrected chi connectivity index (χ2v) is 28.2. The molecule has 49 nitrogen and oxygen atoms in total. The Kier molecular flexibility index (Phi) is 32.6. The number of amides is 4. The van der Waals surface area contributed by atoms with Gasteiger partial charge < -0.3 is 224 Å². The van der Waals surface area contributed by atoms with Gasteiger partial charge in [0.25, 0.3) is 0 Å². The van der Waals surface area contributed by atoms with Crippen LogP contribution in [0.3, 0.4) is 0 Å². The Balaban J connectivity index is 1.05. The topological polar surface area (TPSA) is 759 Å². The predicted octanol–water partition coefficient (Wildman–Crippen LogP) is -19.0. The van der Waals surface area contributed by atoms with Crippen molar-refractivity contribution in [3.8, 4) is 0 Å². The van der Waals surface area contributed by atoms with Crippen molar-refractivity contribution in [2.45, 2.75) is 311 Å². The van der Waals surface area contributed by atoms with Gasteiger partial charge in [-0.2, -0.15) is 0 Å². The SMILES string of the molecule is CC(=O)N[C@H]1[C@H](O[C@H]2[C@H](O)[C@@H](NC(C)=O)C(O)O[C@@H]2CO[C@@H]2O[C@@H](C)[C@@H](O)[C@@H](O)[C@@H]2O)O[C@H](CO)[C@@H](O[C@@H]2O[C@H](CO[C@H]3O[C@H](CO)[C@@H](O)[C@H](O)[C@@H]3O[C@@H]3O[C@H](CO)[C@@H](O[C@@H]4O[C@H](CO)[C@H](O)[C@H](O)[C@H]4O)[C@H](O)[C@H]3NC(C)=O)[C@@H](O)[C@H](O[C@H]3O[C@H](CO)[C@@H](O)[C@H](O)[C@@H]3O[C@@H]3O[C@H](CO)[C@@H](O)[C@H](O)[C@H]3NC(C)=O)[C@@H]2O)[C@@H]1O. The summed E-state index contributed by atoms with van der Waals surface area (Å²) in [5, 5.41) is 276. The molecule has 9 heterocycles. The third-order valence-corrected chi connectivity index (χ3v) is 20.3. The molecule has 9 rings (SSSR count). The molecule has 642 valence electrons. The summed E-state index contributed by atoms with van der Waals surface area (Å²) in [5.41, 5.74) is 0. The molecule has 49 heteroatoms. The average Bonchev–Trinajstić information content (AvgIpc) is 0.782. The van der Waals surface area contributed by atoms with E-state index in [0.29, 0.717) is 0 Å². The maximum Gasteiger partial charge on any atom is 0.217 e. The van der Waals surface area contributed by atoms with Crippen molar-refractivity contribution in [3.63, 3.8) is 0 Å². The highest BCUT2D eigenvalue weighted by Crippen LogP contribution is 2.40. The Labute approximate surface area is 629 Å². The number of aliphatic hydroxyl groups excluding tert-OH is 24. The molecule has 0 aromatic carbocycles. The van der Waals surface area contributed by atoms with Crippen molar-refractivity contribution in [2.24, 2.45) is 0 Å². The number of hydrogen-bond acceptors (Lipinski definition) is 45. The van der Waals surface area contributed by atoms with Gasteiger partial charge in [0, 0.05) is 27.7 Å². The van der Waals surface area contributed by atoms with E-state index in [4.69, 9.17) is 80.5 Å². The van der Waals surface area contributed by atoms with Crippen molar-refractivity contribution < 1.29 is 222 Å². The standard InChI is InChI=1S/C62H104N4O45/c1-14-31(77)41(87)45(91)58(97-14)95-13-26-50(38(84)27(54(94)98-26)63-15(2)73)106-56-29(65-17(4)75)39(85)49(24(11-72)103-56)108-60-47(93)51(109-62-53(44(90)35(81)22(9-70)102-62)111-55-28(64-16(3)74)37(83)32(78)19(6-67)99-55)36(82)25(105-60)12-96-61-52(43(89)34(80)21(8-69)101-61)110-57-30(66-18(5)76)40(86)48(23(10-71)104-57)107-59-46(92)42(88)33(79)20(7-68)100-59/h14,19-62,67-72,77-94H,6-13H2,1-5H3,(H,63,73)(H,64,74)(H,65,75)(H,66,76)/t14-,19+,20+,21+,22+,23+,24+,25+,26+,27+,28+,29+,30+,31+,32+,33-,34+,35+,36+,37+,38+,39+,40+,41+,42-,43-,44-,45-,46+,47-,48+,49+,50+,51-,52-,53-,54?,55-,56-,57-,58+,59-,60-,61-,62+/m0/s1. The van der Waals surface area contributed by atoms with Gasteiger partial charge in [-0.05, 0) is 6.92 Å². The Morgan fingerprint density at radius 1 is 0.252 bits per heavy atom. The minimum absolute atomic E-state index is 0.827. The van der Waals surface area contributed by atoms with Gasteiger partial charge in [-0.3, -0.25) is 19.2 Å². The minimum atomic E-state index is -2.55. The quantitative estimate of drug-likeness (QED) is 0.0346. The van der Waals surface area contributed by atoms with Crippen LogP contribution in [0, 0.1) is 0 Å². The van der Waals surface area contributed by atoms with E-state index in [1.165, 1.54) is 6.92 Å². The lowest BCUT2D eigenvalue weighted by molar-refractivity contribution is -0.396. The Bertz CT molecular complexity index is 2950. The maximum absolute atomic E-state index is 13.2. The molecule has 0 aliphatic carbocycles. The number of carbonyl (C=O) groups is 4. The first-order valence-corrected chi connectivity index (χ1v) is 35.5. The van der Waals surface area contributed by atoms with Crippen LogP contribution >= 0.6 is 0 Å². The highest BCUT2D eigenvalue weighted by atomic mass is 16.8. The van der Waals surface area contributed by atoms with Crippen LogP contribution in [0.1, 0.15) is 34.6 Å². The molecular formula is C62H104N4O45. The molecule has 111 heavy (non-hydrogen) atoms. The highest BCUT2D eigenvalue weighted by Gasteiger charge is 2.61. The molecule has 0 aromatic heterocycles. The van der Waals surface area contributed by atoms with Gasteiger partial charge in [0.1, 0.15) is 213 Å². The van der Waals surface area contributed by atoms with E-state index in [9.17, 15) is 142 Å². The van der Waals surface area contributed by atoms with Crippen molar-refractivity contribution in [2.75, 3.05) is 52.9 Å². The van der Waals surface area contributed by atoms with Crippen molar-refractivity contribution >= 4 is 23.6 Å². The maximum atomic E-state index is 13.2. The summed E-state index contributed by atoms with van der Waals surface area (Å²) in [6, 6.07) is -7.39. The monoisotopic (exact) mass is 1620 g/mol. The fourth-order valence-electron chi connectivity index (χ4n) is 14.3. The minimum Gasteiger partial charge on any atom is -0.394 e. The first-order valence-electron chi connectivity index (χ1n) is 35.5. The van der Waals surface area contributed by atoms with Crippen LogP contribution < -0.4 is 21.3 Å². The third-order valence-electron chi connectivity index (χ3n) is 20.3. The summed E-state index contributed by atoms with van der Waals surface area (Å²) in [6.07, 6.45) is -83.2. The number of nitrogens with one attached hydrogen (secondary N) is 4. The summed E-state index contributed by atoms with van der Waals surface area (Å²) < 4.78 is 101. The number of carbonyl (C=O) groups excluding carboxylic acids is 4. The van der Waals surface area contributed by atoms with Crippen LogP contribution in [0.25, 0.3) is 0 Å². The number of rotatable bonds is 28. The number of ether oxygens (including phenoxy) is 17. The van der Waals surface area contributed by atoms with Crippen LogP contribution in [-0.4, -0.2) is 475 Å². The molecule has 9 aliphatic heterocycles. The first-order chi connectivity index (χ1) is 52.4. The largest absolute Gasteiger partial charge is 0.394 e. The molecule has 0 aromatic rings. The molecule has 0 saturated carbocycles. The van der Waals surface area contributed by atoms with E-state index in [-0.39, 0.29) is 0 Å². The molecule has 9 saturated heterocycles. The van der Waals surface area contributed by atoms with Crippen LogP contribution in [0.4, 0.5) is 0 Å². The van der Waals surface area contributed by atoms with Crippen LogP contribution in [0.15, 0.2) is 0 Å².